The molecule has 0 bridgehead atoms. The number of hydrogen-bond donors (Lipinski definition) is 2. The van der Waals surface area contributed by atoms with Crippen LogP contribution in [-0.4, -0.2) is 15.9 Å². The van der Waals surface area contributed by atoms with Gasteiger partial charge in [-0.1, -0.05) is 6.08 Å². The molecular formula is C8H10N4O. The maximum absolute atomic E-state index is 10.9. The van der Waals surface area contributed by atoms with Gasteiger partial charge >= 0.3 is 0 Å². The quantitative estimate of drug-likeness (QED) is 0.522. The monoisotopic (exact) mass is 178 g/mol. The van der Waals surface area contributed by atoms with E-state index in [1.165, 1.54) is 6.08 Å². The number of anilines is 1. The summed E-state index contributed by atoms with van der Waals surface area (Å²) in [4.78, 5) is 18.6. The Morgan fingerprint density at radius 2 is 2.15 bits per heavy atom. The standard InChI is InChI=1S/C8H10N4O/c1-2-4-7(13)11-12-8-9-5-3-6-10-8/h2-6H,1H3,(H,11,13)(H,9,10,12)/b4-2+. The Kier molecular flexibility index (Phi) is 3.44. The molecule has 0 fully saturated rings. The van der Waals surface area contributed by atoms with Crippen LogP contribution in [0, 0.1) is 0 Å². The fourth-order valence-electron chi connectivity index (χ4n) is 0.674. The zero-order valence-corrected chi connectivity index (χ0v) is 7.19. The Morgan fingerprint density at radius 3 is 2.77 bits per heavy atom. The minimum Gasteiger partial charge on any atom is -0.268 e. The van der Waals surface area contributed by atoms with Crippen LogP contribution in [0.4, 0.5) is 5.95 Å². The van der Waals surface area contributed by atoms with Gasteiger partial charge in [0.2, 0.25) is 5.95 Å². The van der Waals surface area contributed by atoms with Gasteiger partial charge in [-0.25, -0.2) is 9.97 Å². The second-order valence-electron chi connectivity index (χ2n) is 2.19. The predicted octanol–water partition coefficient (Wildman–Crippen LogP) is 0.496. The first kappa shape index (κ1) is 9.18. The number of amides is 1. The molecule has 68 valence electrons. The van der Waals surface area contributed by atoms with Gasteiger partial charge in [-0.3, -0.25) is 15.6 Å². The van der Waals surface area contributed by atoms with Gasteiger partial charge in [0.1, 0.15) is 0 Å². The Bertz CT molecular complexity index is 296. The Labute approximate surface area is 75.9 Å². The number of nitrogens with zero attached hydrogens (tertiary/aromatic N) is 2. The molecule has 5 heteroatoms. The first-order valence-corrected chi connectivity index (χ1v) is 3.78. The molecule has 0 saturated carbocycles. The Hall–Kier alpha value is -1.91. The van der Waals surface area contributed by atoms with Crippen molar-refractivity contribution in [2.75, 3.05) is 5.43 Å². The van der Waals surface area contributed by atoms with Crippen molar-refractivity contribution in [3.63, 3.8) is 0 Å². The number of aromatic nitrogens is 2. The van der Waals surface area contributed by atoms with Crippen LogP contribution in [0.3, 0.4) is 0 Å². The van der Waals surface area contributed by atoms with Crippen LogP contribution in [0.15, 0.2) is 30.6 Å². The van der Waals surface area contributed by atoms with Crippen LogP contribution in [0.5, 0.6) is 0 Å². The van der Waals surface area contributed by atoms with Gasteiger partial charge < -0.3 is 0 Å². The zero-order chi connectivity index (χ0) is 9.52. The summed E-state index contributed by atoms with van der Waals surface area (Å²) in [5.41, 5.74) is 4.96. The van der Waals surface area contributed by atoms with Gasteiger partial charge in [-0.2, -0.15) is 0 Å². The molecule has 0 aliphatic heterocycles. The lowest BCUT2D eigenvalue weighted by Gasteiger charge is -2.02. The molecule has 0 unspecified atom stereocenters. The summed E-state index contributed by atoms with van der Waals surface area (Å²) in [6.07, 6.45) is 6.20. The van der Waals surface area contributed by atoms with E-state index in [1.54, 1.807) is 31.5 Å². The van der Waals surface area contributed by atoms with Gasteiger partial charge in [0.25, 0.3) is 5.91 Å². The Morgan fingerprint density at radius 1 is 1.46 bits per heavy atom. The second kappa shape index (κ2) is 4.87. The average molecular weight is 178 g/mol. The molecule has 0 aliphatic carbocycles. The maximum atomic E-state index is 10.9. The molecule has 0 atom stereocenters. The lowest BCUT2D eigenvalue weighted by molar-refractivity contribution is -0.116. The first-order chi connectivity index (χ1) is 6.33. The third kappa shape index (κ3) is 3.33. The van der Waals surface area contributed by atoms with Crippen molar-refractivity contribution < 1.29 is 4.79 Å². The largest absolute Gasteiger partial charge is 0.268 e. The van der Waals surface area contributed by atoms with Gasteiger partial charge in [0.15, 0.2) is 0 Å². The summed E-state index contributed by atoms with van der Waals surface area (Å²) in [6.45, 7) is 1.76. The number of carbonyl (C=O) groups is 1. The fraction of sp³-hybridized carbons (Fsp3) is 0.125. The van der Waals surface area contributed by atoms with Crippen LogP contribution in [0.1, 0.15) is 6.92 Å². The number of hydrogen-bond acceptors (Lipinski definition) is 4. The molecule has 0 radical (unpaired) electrons. The minimum absolute atomic E-state index is 0.241. The molecule has 0 saturated heterocycles. The van der Waals surface area contributed by atoms with Gasteiger partial charge in [-0.05, 0) is 13.0 Å². The van der Waals surface area contributed by atoms with Crippen LogP contribution in [-0.2, 0) is 4.79 Å². The van der Waals surface area contributed by atoms with E-state index in [-0.39, 0.29) is 5.91 Å². The highest BCUT2D eigenvalue weighted by atomic mass is 16.2. The lowest BCUT2D eigenvalue weighted by atomic mass is 10.5. The lowest BCUT2D eigenvalue weighted by Crippen LogP contribution is -2.28. The van der Waals surface area contributed by atoms with E-state index in [9.17, 15) is 4.79 Å². The number of allylic oxidation sites excluding steroid dienone is 1. The van der Waals surface area contributed by atoms with Crippen molar-refractivity contribution >= 4 is 11.9 Å². The van der Waals surface area contributed by atoms with E-state index >= 15 is 0 Å². The first-order valence-electron chi connectivity index (χ1n) is 3.78. The average Bonchev–Trinajstić information content (AvgIpc) is 2.17. The van der Waals surface area contributed by atoms with Gasteiger partial charge in [0, 0.05) is 18.5 Å². The molecule has 1 amide bonds. The summed E-state index contributed by atoms with van der Waals surface area (Å²) in [7, 11) is 0. The number of nitrogens with one attached hydrogen (secondary N) is 2. The molecular weight excluding hydrogens is 168 g/mol. The van der Waals surface area contributed by atoms with E-state index in [0.717, 1.165) is 0 Å². The molecule has 2 N–H and O–H groups in total. The predicted molar refractivity (Wildman–Crippen MR) is 48.6 cm³/mol. The highest BCUT2D eigenvalue weighted by Gasteiger charge is 1.94. The number of carbonyl (C=O) groups excluding carboxylic acids is 1. The van der Waals surface area contributed by atoms with Crippen molar-refractivity contribution in [3.8, 4) is 0 Å². The minimum atomic E-state index is -0.241. The van der Waals surface area contributed by atoms with Crippen molar-refractivity contribution in [2.45, 2.75) is 6.92 Å². The van der Waals surface area contributed by atoms with E-state index in [2.05, 4.69) is 20.8 Å². The van der Waals surface area contributed by atoms with E-state index in [0.29, 0.717) is 5.95 Å². The van der Waals surface area contributed by atoms with Crippen molar-refractivity contribution in [3.05, 3.63) is 30.6 Å². The van der Waals surface area contributed by atoms with E-state index < -0.39 is 0 Å². The Balaban J connectivity index is 2.40. The molecule has 0 spiro atoms. The molecule has 1 rings (SSSR count). The number of hydrazine groups is 1. The number of rotatable bonds is 3. The topological polar surface area (TPSA) is 66.9 Å². The maximum Gasteiger partial charge on any atom is 0.262 e. The molecule has 13 heavy (non-hydrogen) atoms. The normalized spacial score (nSPS) is 9.92. The highest BCUT2D eigenvalue weighted by molar-refractivity contribution is 5.87. The summed E-state index contributed by atoms with van der Waals surface area (Å²) >= 11 is 0. The molecule has 1 aromatic heterocycles. The van der Waals surface area contributed by atoms with E-state index in [1.807, 2.05) is 0 Å². The van der Waals surface area contributed by atoms with E-state index in [4.69, 9.17) is 0 Å². The molecule has 0 aliphatic rings. The molecule has 1 aromatic rings. The van der Waals surface area contributed by atoms with Crippen LogP contribution in [0.2, 0.25) is 0 Å². The summed E-state index contributed by atoms with van der Waals surface area (Å²) in [6, 6.07) is 1.69. The van der Waals surface area contributed by atoms with Crippen molar-refractivity contribution in [1.82, 2.24) is 15.4 Å². The second-order valence-corrected chi connectivity index (χ2v) is 2.19. The van der Waals surface area contributed by atoms with Gasteiger partial charge in [0.05, 0.1) is 0 Å². The fourth-order valence-corrected chi connectivity index (χ4v) is 0.674. The van der Waals surface area contributed by atoms with Gasteiger partial charge in [-0.15, -0.1) is 0 Å². The highest BCUT2D eigenvalue weighted by Crippen LogP contribution is 1.89. The van der Waals surface area contributed by atoms with Crippen LogP contribution in [0.25, 0.3) is 0 Å². The van der Waals surface area contributed by atoms with Crippen molar-refractivity contribution in [2.24, 2.45) is 0 Å². The van der Waals surface area contributed by atoms with Crippen LogP contribution >= 0.6 is 0 Å². The van der Waals surface area contributed by atoms with Crippen LogP contribution < -0.4 is 10.9 Å². The smallest absolute Gasteiger partial charge is 0.262 e. The summed E-state index contributed by atoms with van der Waals surface area (Å²) < 4.78 is 0. The molecule has 1 heterocycles. The SMILES string of the molecule is C/C=C/C(=O)NNc1ncccn1. The summed E-state index contributed by atoms with van der Waals surface area (Å²) in [5, 5.41) is 0. The summed E-state index contributed by atoms with van der Waals surface area (Å²) in [5.74, 6) is 0.121. The van der Waals surface area contributed by atoms with Crippen molar-refractivity contribution in [1.29, 1.82) is 0 Å². The third-order valence-corrected chi connectivity index (χ3v) is 1.18. The zero-order valence-electron chi connectivity index (χ0n) is 7.19. The molecule has 0 aromatic carbocycles. The molecule has 5 nitrogen and oxygen atoms in total. The third-order valence-electron chi connectivity index (χ3n) is 1.18.